The van der Waals surface area contributed by atoms with Crippen molar-refractivity contribution in [2.24, 2.45) is 0 Å². The summed E-state index contributed by atoms with van der Waals surface area (Å²) in [6.45, 7) is 0. The van der Waals surface area contributed by atoms with Crippen LogP contribution in [0.5, 0.6) is 0 Å². The summed E-state index contributed by atoms with van der Waals surface area (Å²) in [7, 11) is 0. The normalized spacial score (nSPS) is 9.75. The molecule has 0 bridgehead atoms. The van der Waals surface area contributed by atoms with Gasteiger partial charge in [-0.1, -0.05) is 0 Å². The van der Waals surface area contributed by atoms with Gasteiger partial charge in [-0.2, -0.15) is 0 Å². The maximum absolute atomic E-state index is 7.12. The van der Waals surface area contributed by atoms with Gasteiger partial charge in [0, 0.05) is 0 Å². The Morgan fingerprint density at radius 2 is 1.12 bits per heavy atom. The fourth-order valence-electron chi connectivity index (χ4n) is 0. The van der Waals surface area contributed by atoms with Crippen molar-refractivity contribution >= 4 is 11.9 Å². The quantitative estimate of drug-likeness (QED) is 0.189. The number of hydrogen-bond acceptors (Lipinski definition) is 6. The second-order valence-corrected chi connectivity index (χ2v) is 0.744. The summed E-state index contributed by atoms with van der Waals surface area (Å²) in [5.41, 5.74) is 0. The third-order valence-electron chi connectivity index (χ3n) is 0. The Labute approximate surface area is 48.7 Å². The van der Waals surface area contributed by atoms with Crippen molar-refractivity contribution in [3.05, 3.63) is 0 Å². The maximum Gasteiger partial charge on any atom is 0.237 e. The van der Waals surface area contributed by atoms with Gasteiger partial charge in [0.25, 0.3) is 0 Å². The maximum atomic E-state index is 7.12. The first kappa shape index (κ1) is 10.9. The van der Waals surface area contributed by atoms with E-state index in [0.717, 1.165) is 0 Å². The van der Waals surface area contributed by atoms with Gasteiger partial charge in [-0.05, 0) is 0 Å². The standard InChI is InChI=1S/ClHO2.H4NO4/c1-3-2;2-1(3,4)5/h2H;2-5H/q;+1. The van der Waals surface area contributed by atoms with E-state index in [4.69, 9.17) is 26.1 Å². The molecule has 0 radical (unpaired) electrons. The van der Waals surface area contributed by atoms with Crippen molar-refractivity contribution in [1.82, 2.24) is 0 Å². The van der Waals surface area contributed by atoms with Crippen LogP contribution >= 0.6 is 11.9 Å². The summed E-state index contributed by atoms with van der Waals surface area (Å²) in [4.78, 5) is 0. The lowest BCUT2D eigenvalue weighted by Gasteiger charge is -1.94. The number of hydrogen-bond donors (Lipinski definition) is 5. The van der Waals surface area contributed by atoms with Crippen LogP contribution in [0.2, 0.25) is 0 Å². The average molecular weight is 150 g/mol. The third kappa shape index (κ3) is 1510000. The van der Waals surface area contributed by atoms with Crippen LogP contribution in [0.3, 0.4) is 0 Å². The first-order valence-corrected chi connectivity index (χ1v) is 1.45. The molecule has 0 aromatic carbocycles. The van der Waals surface area contributed by atoms with Crippen LogP contribution in [0.4, 0.5) is 0 Å². The minimum absolute atomic E-state index is 2.72. The fourth-order valence-corrected chi connectivity index (χ4v) is 0. The molecule has 8 heteroatoms. The van der Waals surface area contributed by atoms with Crippen LogP contribution < -0.4 is 0 Å². The Hall–Kier alpha value is 0.01000. The fraction of sp³-hybridized carbons (Fsp3) is 0. The molecule has 0 fully saturated rings. The van der Waals surface area contributed by atoms with E-state index >= 15 is 0 Å². The summed E-state index contributed by atoms with van der Waals surface area (Å²) >= 11 is 4.05. The minimum atomic E-state index is -3.00. The SMILES string of the molecule is OOCl.O[N+](O)(O)O. The first-order valence-electron chi connectivity index (χ1n) is 1.14. The Kier molecular flexibility index (Phi) is 7.02. The van der Waals surface area contributed by atoms with Gasteiger partial charge in [0.05, 0.1) is 11.9 Å². The summed E-state index contributed by atoms with van der Waals surface area (Å²) in [5, 5.41) is 32.3. The highest BCUT2D eigenvalue weighted by atomic mass is 35.5. The molecule has 0 saturated heterocycles. The second kappa shape index (κ2) is 5.15. The van der Waals surface area contributed by atoms with E-state index in [9.17, 15) is 0 Å². The highest BCUT2D eigenvalue weighted by Crippen LogP contribution is 1.69. The number of nitrogens with zero attached hydrogens (tertiary/aromatic N) is 1. The van der Waals surface area contributed by atoms with Crippen LogP contribution in [0.15, 0.2) is 0 Å². The smallest absolute Gasteiger partial charge is 0.233 e. The minimum Gasteiger partial charge on any atom is -0.233 e. The third-order valence-corrected chi connectivity index (χ3v) is 0. The lowest BCUT2D eigenvalue weighted by Crippen LogP contribution is -2.31. The van der Waals surface area contributed by atoms with Crippen LogP contribution in [0, 0.1) is 0 Å². The van der Waals surface area contributed by atoms with E-state index in [-0.39, 0.29) is 0 Å². The molecule has 0 saturated carbocycles. The van der Waals surface area contributed by atoms with Crippen LogP contribution in [0.1, 0.15) is 0 Å². The van der Waals surface area contributed by atoms with Crippen LogP contribution in [0.25, 0.3) is 0 Å². The molecule has 0 aromatic rings. The molecule has 7 nitrogen and oxygen atoms in total. The summed E-state index contributed by atoms with van der Waals surface area (Å²) < 4.78 is 2.72. The Morgan fingerprint density at radius 3 is 1.12 bits per heavy atom. The Morgan fingerprint density at radius 1 is 1.12 bits per heavy atom. The predicted octanol–water partition coefficient (Wildman–Crippen LogP) is -0.0102. The van der Waals surface area contributed by atoms with Gasteiger partial charge in [0.2, 0.25) is 5.14 Å². The lowest BCUT2D eigenvalue weighted by atomic mass is 12.8. The lowest BCUT2D eigenvalue weighted by molar-refractivity contribution is -1.48. The molecule has 5 N–H and O–H groups in total. The molecule has 0 atom stereocenters. The van der Waals surface area contributed by atoms with Crippen LogP contribution in [-0.2, 0) is 4.44 Å². The molecule has 0 aromatic heterocycles. The van der Waals surface area contributed by atoms with Gasteiger partial charge >= 0.3 is 0 Å². The van der Waals surface area contributed by atoms with E-state index in [0.29, 0.717) is 0 Å². The first-order chi connectivity index (χ1) is 3.41. The molecule has 0 rings (SSSR count). The molecule has 52 valence electrons. The van der Waals surface area contributed by atoms with Gasteiger partial charge < -0.3 is 0 Å². The van der Waals surface area contributed by atoms with Crippen molar-refractivity contribution in [3.63, 3.8) is 0 Å². The van der Waals surface area contributed by atoms with Gasteiger partial charge in [-0.15, -0.1) is 25.3 Å². The van der Waals surface area contributed by atoms with E-state index in [1.54, 1.807) is 0 Å². The number of quaternary nitrogens is 1. The van der Waals surface area contributed by atoms with E-state index in [1.807, 2.05) is 0 Å². The molecule has 0 aliphatic rings. The van der Waals surface area contributed by atoms with Crippen LogP contribution in [-0.4, -0.2) is 31.2 Å². The van der Waals surface area contributed by atoms with Crippen molar-refractivity contribution < 1.29 is 35.7 Å². The molecular formula is H5ClNO6+. The topological polar surface area (TPSA) is 110 Å². The Balaban J connectivity index is 0. The molecule has 0 unspecified atom stereocenters. The monoisotopic (exact) mass is 150 g/mol. The molecular weight excluding hydrogens is 145 g/mol. The number of rotatable bonds is 0. The van der Waals surface area contributed by atoms with Gasteiger partial charge in [-0.25, -0.2) is 5.26 Å². The van der Waals surface area contributed by atoms with Crippen molar-refractivity contribution in [2.75, 3.05) is 0 Å². The van der Waals surface area contributed by atoms with Gasteiger partial charge in [0.1, 0.15) is 0 Å². The molecule has 0 aliphatic carbocycles. The second-order valence-electron chi connectivity index (χ2n) is 0.606. The highest BCUT2D eigenvalue weighted by Gasteiger charge is 2.07. The largest absolute Gasteiger partial charge is 0.237 e. The van der Waals surface area contributed by atoms with Gasteiger partial charge in [0.15, 0.2) is 0 Å². The molecule has 8 heavy (non-hydrogen) atoms. The van der Waals surface area contributed by atoms with Crippen molar-refractivity contribution in [2.45, 2.75) is 0 Å². The molecule has 0 aliphatic heterocycles. The summed E-state index contributed by atoms with van der Waals surface area (Å²) in [5.74, 6) is 0. The summed E-state index contributed by atoms with van der Waals surface area (Å²) in [6.07, 6.45) is 0. The van der Waals surface area contributed by atoms with E-state index in [2.05, 4.69) is 16.3 Å². The van der Waals surface area contributed by atoms with E-state index in [1.165, 1.54) is 0 Å². The van der Waals surface area contributed by atoms with E-state index < -0.39 is 5.14 Å². The van der Waals surface area contributed by atoms with Gasteiger partial charge in [-0.3, -0.25) is 0 Å². The number of halogens is 1. The molecule has 0 heterocycles. The zero-order chi connectivity index (χ0) is 7.21. The predicted molar refractivity (Wildman–Crippen MR) is 17.0 cm³/mol. The van der Waals surface area contributed by atoms with Crippen molar-refractivity contribution in [1.29, 1.82) is 0 Å². The zero-order valence-electron chi connectivity index (χ0n) is 3.47. The Bertz CT molecular complexity index is 32.3. The molecule has 0 amide bonds. The van der Waals surface area contributed by atoms with Crippen molar-refractivity contribution in [3.8, 4) is 0 Å². The summed E-state index contributed by atoms with van der Waals surface area (Å²) in [6, 6.07) is 0. The average Bonchev–Trinajstić information content (AvgIpc) is 1.27. The highest BCUT2D eigenvalue weighted by molar-refractivity contribution is 6.06. The zero-order valence-corrected chi connectivity index (χ0v) is 4.23. The molecule has 0 spiro atoms.